The smallest absolute Gasteiger partial charge is 0.259 e. The molecule has 1 aliphatic rings. The van der Waals surface area contributed by atoms with Gasteiger partial charge in [-0.1, -0.05) is 59.6 Å². The number of hydrogen-bond acceptors (Lipinski definition) is 4. The normalized spacial score (nSPS) is 16.0. The molecule has 6 nitrogen and oxygen atoms in total. The molecule has 8 heteroatoms. The number of hydrogen-bond donors (Lipinski definition) is 0. The maximum absolute atomic E-state index is 13.7. The van der Waals surface area contributed by atoms with Crippen LogP contribution in [0.15, 0.2) is 83.4 Å². The van der Waals surface area contributed by atoms with Crippen molar-refractivity contribution in [1.29, 1.82) is 0 Å². The number of benzene rings is 3. The molecular formula is C22H17ClN2O4S. The second kappa shape index (κ2) is 7.59. The Bertz CT molecular complexity index is 1250. The molecule has 0 bridgehead atoms. The van der Waals surface area contributed by atoms with Gasteiger partial charge in [-0.3, -0.25) is 10.1 Å². The number of rotatable bonds is 4. The standard InChI is InChI=1S/C22H17ClN2O4S/c1-15-6-12-19(13-7-15)30(28,29)24-20-5-3-2-4-17(20)14-21(25(26)27)22(24)16-8-10-18(23)11-9-16/h2-14,22H,1H3/t22-/m0/s1. The number of para-hydroxylation sites is 1. The van der Waals surface area contributed by atoms with Crippen LogP contribution in [0, 0.1) is 17.0 Å². The minimum Gasteiger partial charge on any atom is -0.259 e. The van der Waals surface area contributed by atoms with Crippen molar-refractivity contribution < 1.29 is 13.3 Å². The zero-order chi connectivity index (χ0) is 21.5. The van der Waals surface area contributed by atoms with Gasteiger partial charge in [-0.2, -0.15) is 0 Å². The summed E-state index contributed by atoms with van der Waals surface area (Å²) in [6, 6.07) is 18.4. The van der Waals surface area contributed by atoms with Gasteiger partial charge in [-0.05, 0) is 42.8 Å². The SMILES string of the molecule is Cc1ccc(S(=O)(=O)N2c3ccccc3C=C([N+](=O)[O-])[C@@H]2c2ccc(Cl)cc2)cc1. The van der Waals surface area contributed by atoms with Crippen LogP contribution in [0.3, 0.4) is 0 Å². The third-order valence-corrected chi connectivity index (χ3v) is 7.01. The Balaban J connectivity index is 2.00. The number of halogens is 1. The van der Waals surface area contributed by atoms with Crippen molar-refractivity contribution in [2.45, 2.75) is 17.9 Å². The van der Waals surface area contributed by atoms with Crippen LogP contribution in [0.5, 0.6) is 0 Å². The van der Waals surface area contributed by atoms with Crippen LogP contribution in [-0.2, 0) is 10.0 Å². The maximum atomic E-state index is 13.7. The lowest BCUT2D eigenvalue weighted by molar-refractivity contribution is -0.428. The van der Waals surface area contributed by atoms with E-state index >= 15 is 0 Å². The molecule has 0 aromatic heterocycles. The second-order valence-corrected chi connectivity index (χ2v) is 9.20. The molecule has 0 amide bonds. The lowest BCUT2D eigenvalue weighted by Gasteiger charge is -2.35. The van der Waals surface area contributed by atoms with Gasteiger partial charge >= 0.3 is 0 Å². The molecule has 4 rings (SSSR count). The molecule has 3 aromatic rings. The number of sulfonamides is 1. The maximum Gasteiger partial charge on any atom is 0.274 e. The van der Waals surface area contributed by atoms with Crippen molar-refractivity contribution in [3.63, 3.8) is 0 Å². The van der Waals surface area contributed by atoms with Gasteiger partial charge in [0, 0.05) is 16.7 Å². The van der Waals surface area contributed by atoms with Gasteiger partial charge in [0.25, 0.3) is 15.7 Å². The summed E-state index contributed by atoms with van der Waals surface area (Å²) in [6.07, 6.45) is 1.43. The fourth-order valence-electron chi connectivity index (χ4n) is 3.50. The van der Waals surface area contributed by atoms with Gasteiger partial charge in [-0.15, -0.1) is 0 Å². The molecule has 0 N–H and O–H groups in total. The number of aryl methyl sites for hydroxylation is 1. The van der Waals surface area contributed by atoms with Crippen LogP contribution in [0.4, 0.5) is 5.69 Å². The van der Waals surface area contributed by atoms with Gasteiger partial charge in [0.15, 0.2) is 6.04 Å². The first kappa shape index (κ1) is 20.1. The minimum absolute atomic E-state index is 0.0615. The summed E-state index contributed by atoms with van der Waals surface area (Å²) < 4.78 is 28.6. The summed E-state index contributed by atoms with van der Waals surface area (Å²) in [4.78, 5) is 11.5. The molecule has 1 aliphatic heterocycles. The molecule has 30 heavy (non-hydrogen) atoms. The number of fused-ring (bicyclic) bond motifs is 1. The molecule has 0 aliphatic carbocycles. The van der Waals surface area contributed by atoms with E-state index in [1.54, 1.807) is 60.7 Å². The largest absolute Gasteiger partial charge is 0.274 e. The van der Waals surface area contributed by atoms with E-state index < -0.39 is 21.0 Å². The summed E-state index contributed by atoms with van der Waals surface area (Å²) in [5.41, 5.74) is 1.97. The van der Waals surface area contributed by atoms with Crippen LogP contribution in [0.2, 0.25) is 5.02 Å². The van der Waals surface area contributed by atoms with Crippen molar-refractivity contribution in [1.82, 2.24) is 0 Å². The Morgan fingerprint density at radius 3 is 2.23 bits per heavy atom. The summed E-state index contributed by atoms with van der Waals surface area (Å²) in [5.74, 6) is 0. The summed E-state index contributed by atoms with van der Waals surface area (Å²) >= 11 is 5.99. The second-order valence-electron chi connectivity index (χ2n) is 6.95. The predicted molar refractivity (Wildman–Crippen MR) is 116 cm³/mol. The first-order valence-corrected chi connectivity index (χ1v) is 10.9. The van der Waals surface area contributed by atoms with E-state index in [4.69, 9.17) is 11.6 Å². The summed E-state index contributed by atoms with van der Waals surface area (Å²) in [7, 11) is -4.11. The third-order valence-electron chi connectivity index (χ3n) is 4.97. The van der Waals surface area contributed by atoms with Gasteiger partial charge in [0.05, 0.1) is 15.5 Å². The monoisotopic (exact) mass is 440 g/mol. The highest BCUT2D eigenvalue weighted by Gasteiger charge is 2.43. The highest BCUT2D eigenvalue weighted by molar-refractivity contribution is 7.92. The van der Waals surface area contributed by atoms with Crippen LogP contribution in [-0.4, -0.2) is 13.3 Å². The topological polar surface area (TPSA) is 80.5 Å². The van der Waals surface area contributed by atoms with Crippen molar-refractivity contribution >= 4 is 33.4 Å². The van der Waals surface area contributed by atoms with Crippen molar-refractivity contribution in [2.75, 3.05) is 4.31 Å². The molecule has 3 aromatic carbocycles. The van der Waals surface area contributed by atoms with Crippen molar-refractivity contribution in [2.24, 2.45) is 0 Å². The Morgan fingerprint density at radius 1 is 0.967 bits per heavy atom. The van der Waals surface area contributed by atoms with E-state index in [1.807, 2.05) is 6.92 Å². The van der Waals surface area contributed by atoms with Gasteiger partial charge in [0.2, 0.25) is 0 Å². The zero-order valence-corrected chi connectivity index (χ0v) is 17.5. The number of anilines is 1. The minimum atomic E-state index is -4.11. The average molecular weight is 441 g/mol. The fourth-order valence-corrected chi connectivity index (χ4v) is 5.27. The molecule has 0 saturated carbocycles. The van der Waals surface area contributed by atoms with Crippen LogP contribution in [0.25, 0.3) is 6.08 Å². The lowest BCUT2D eigenvalue weighted by Crippen LogP contribution is -2.39. The van der Waals surface area contributed by atoms with E-state index in [1.165, 1.54) is 18.2 Å². The molecule has 1 atom stereocenters. The lowest BCUT2D eigenvalue weighted by atomic mass is 9.97. The molecule has 0 saturated heterocycles. The van der Waals surface area contributed by atoms with Crippen molar-refractivity contribution in [3.8, 4) is 0 Å². The van der Waals surface area contributed by atoms with E-state index in [0.717, 1.165) is 9.87 Å². The quantitative estimate of drug-likeness (QED) is 0.411. The number of nitro groups is 1. The Hall–Kier alpha value is -3.16. The summed E-state index contributed by atoms with van der Waals surface area (Å²) in [5, 5.41) is 12.4. The average Bonchev–Trinajstić information content (AvgIpc) is 2.73. The van der Waals surface area contributed by atoms with Gasteiger partial charge < -0.3 is 0 Å². The fraction of sp³-hybridized carbons (Fsp3) is 0.0909. The first-order valence-electron chi connectivity index (χ1n) is 9.10. The molecule has 1 heterocycles. The van der Waals surface area contributed by atoms with Crippen LogP contribution >= 0.6 is 11.6 Å². The van der Waals surface area contributed by atoms with E-state index in [9.17, 15) is 18.5 Å². The molecular weight excluding hydrogens is 424 g/mol. The first-order chi connectivity index (χ1) is 14.3. The Morgan fingerprint density at radius 2 is 1.60 bits per heavy atom. The van der Waals surface area contributed by atoms with Crippen LogP contribution < -0.4 is 4.31 Å². The number of nitrogens with zero attached hydrogens (tertiary/aromatic N) is 2. The molecule has 0 spiro atoms. The van der Waals surface area contributed by atoms with Crippen molar-refractivity contribution in [3.05, 3.63) is 110 Å². The Labute approximate surface area is 179 Å². The third kappa shape index (κ3) is 3.46. The van der Waals surface area contributed by atoms with E-state index in [2.05, 4.69) is 0 Å². The predicted octanol–water partition coefficient (Wildman–Crippen LogP) is 5.22. The Kier molecular flexibility index (Phi) is 5.09. The van der Waals surface area contributed by atoms with E-state index in [0.29, 0.717) is 21.8 Å². The van der Waals surface area contributed by atoms with Gasteiger partial charge in [-0.25, -0.2) is 12.7 Å². The summed E-state index contributed by atoms with van der Waals surface area (Å²) in [6.45, 7) is 1.86. The molecule has 0 unspecified atom stereocenters. The molecule has 152 valence electrons. The molecule has 0 radical (unpaired) electrons. The zero-order valence-electron chi connectivity index (χ0n) is 15.9. The highest BCUT2D eigenvalue weighted by Crippen LogP contribution is 2.44. The van der Waals surface area contributed by atoms with Crippen LogP contribution in [0.1, 0.15) is 22.7 Å². The highest BCUT2D eigenvalue weighted by atomic mass is 35.5. The van der Waals surface area contributed by atoms with Gasteiger partial charge in [0.1, 0.15) is 0 Å². The van der Waals surface area contributed by atoms with E-state index in [-0.39, 0.29) is 10.6 Å². The molecule has 0 fully saturated rings.